The number of amides is 1. The van der Waals surface area contributed by atoms with Gasteiger partial charge in [-0.25, -0.2) is 4.68 Å². The molecule has 1 saturated heterocycles. The molecule has 0 bridgehead atoms. The number of nitrogens with one attached hydrogen (secondary N) is 2. The standard InChI is InChI=1S/C23H26N4O/c1-16-8-10-19(11-9-16)27-15-20(22(26-27)18-6-4-3-5-7-18)23(28)25-21-12-13-24-14-17(21)2/h3-11,15,17,21,24H,12-14H2,1-2H3,(H,25,28). The summed E-state index contributed by atoms with van der Waals surface area (Å²) in [5.74, 6) is 0.348. The van der Waals surface area contributed by atoms with Gasteiger partial charge in [0, 0.05) is 17.8 Å². The van der Waals surface area contributed by atoms with E-state index in [4.69, 9.17) is 5.10 Å². The highest BCUT2D eigenvalue weighted by molar-refractivity contribution is 6.00. The first-order valence-electron chi connectivity index (χ1n) is 9.85. The molecule has 1 fully saturated rings. The minimum atomic E-state index is -0.0593. The Kier molecular flexibility index (Phi) is 5.26. The maximum Gasteiger partial charge on any atom is 0.255 e. The summed E-state index contributed by atoms with van der Waals surface area (Å²) in [7, 11) is 0. The van der Waals surface area contributed by atoms with E-state index in [0.29, 0.717) is 17.2 Å². The van der Waals surface area contributed by atoms with Gasteiger partial charge < -0.3 is 10.6 Å². The molecule has 0 spiro atoms. The maximum atomic E-state index is 13.2. The van der Waals surface area contributed by atoms with E-state index in [1.807, 2.05) is 48.7 Å². The molecule has 2 N–H and O–H groups in total. The van der Waals surface area contributed by atoms with Crippen LogP contribution < -0.4 is 10.6 Å². The number of carbonyl (C=O) groups is 1. The number of nitrogens with zero attached hydrogens (tertiary/aromatic N) is 2. The van der Waals surface area contributed by atoms with Gasteiger partial charge >= 0.3 is 0 Å². The molecule has 1 aromatic heterocycles. The number of hydrogen-bond acceptors (Lipinski definition) is 3. The summed E-state index contributed by atoms with van der Waals surface area (Å²) in [6.07, 6.45) is 2.79. The molecule has 2 unspecified atom stereocenters. The highest BCUT2D eigenvalue weighted by atomic mass is 16.1. The van der Waals surface area contributed by atoms with Gasteiger partial charge in [-0.15, -0.1) is 0 Å². The number of rotatable bonds is 4. The van der Waals surface area contributed by atoms with Crippen LogP contribution in [0.1, 0.15) is 29.3 Å². The number of piperidine rings is 1. The van der Waals surface area contributed by atoms with Crippen molar-refractivity contribution in [1.29, 1.82) is 0 Å². The van der Waals surface area contributed by atoms with Crippen LogP contribution in [0.3, 0.4) is 0 Å². The van der Waals surface area contributed by atoms with Crippen LogP contribution in [0, 0.1) is 12.8 Å². The minimum Gasteiger partial charge on any atom is -0.349 e. The topological polar surface area (TPSA) is 59.0 Å². The Morgan fingerprint density at radius 3 is 2.61 bits per heavy atom. The van der Waals surface area contributed by atoms with Gasteiger partial charge in [-0.2, -0.15) is 5.10 Å². The molecule has 5 heteroatoms. The summed E-state index contributed by atoms with van der Waals surface area (Å²) in [5.41, 5.74) is 4.39. The average molecular weight is 374 g/mol. The van der Waals surface area contributed by atoms with Gasteiger partial charge in [-0.05, 0) is 44.5 Å². The molecule has 1 aliphatic heterocycles. The van der Waals surface area contributed by atoms with Crippen molar-refractivity contribution in [2.45, 2.75) is 26.3 Å². The van der Waals surface area contributed by atoms with Crippen LogP contribution in [0.25, 0.3) is 16.9 Å². The van der Waals surface area contributed by atoms with Gasteiger partial charge in [0.2, 0.25) is 0 Å². The number of hydrogen-bond donors (Lipinski definition) is 2. The lowest BCUT2D eigenvalue weighted by molar-refractivity contribution is 0.0915. The minimum absolute atomic E-state index is 0.0593. The predicted octanol–water partition coefficient (Wildman–Crippen LogP) is 3.58. The third-order valence-electron chi connectivity index (χ3n) is 5.41. The Hall–Kier alpha value is -2.92. The lowest BCUT2D eigenvalue weighted by Gasteiger charge is -2.30. The van der Waals surface area contributed by atoms with Crippen LogP contribution in [0.4, 0.5) is 0 Å². The van der Waals surface area contributed by atoms with E-state index in [-0.39, 0.29) is 11.9 Å². The Labute approximate surface area is 165 Å². The van der Waals surface area contributed by atoms with E-state index in [1.54, 1.807) is 4.68 Å². The molecule has 1 aliphatic rings. The predicted molar refractivity (Wildman–Crippen MR) is 112 cm³/mol. The van der Waals surface area contributed by atoms with E-state index in [1.165, 1.54) is 5.56 Å². The van der Waals surface area contributed by atoms with Crippen molar-refractivity contribution in [2.24, 2.45) is 5.92 Å². The molecule has 0 aliphatic carbocycles. The number of aromatic nitrogens is 2. The smallest absolute Gasteiger partial charge is 0.255 e. The summed E-state index contributed by atoms with van der Waals surface area (Å²) in [6.45, 7) is 6.09. The maximum absolute atomic E-state index is 13.2. The summed E-state index contributed by atoms with van der Waals surface area (Å²) in [6, 6.07) is 18.2. The molecule has 3 aromatic rings. The second-order valence-electron chi connectivity index (χ2n) is 7.59. The molecular weight excluding hydrogens is 348 g/mol. The zero-order chi connectivity index (χ0) is 19.5. The van der Waals surface area contributed by atoms with Crippen molar-refractivity contribution in [3.63, 3.8) is 0 Å². The highest BCUT2D eigenvalue weighted by Gasteiger charge is 2.25. The largest absolute Gasteiger partial charge is 0.349 e. The van der Waals surface area contributed by atoms with Crippen molar-refractivity contribution in [3.8, 4) is 16.9 Å². The Morgan fingerprint density at radius 2 is 1.89 bits per heavy atom. The van der Waals surface area contributed by atoms with Gasteiger partial charge in [0.25, 0.3) is 5.91 Å². The number of benzene rings is 2. The monoisotopic (exact) mass is 374 g/mol. The van der Waals surface area contributed by atoms with Crippen molar-refractivity contribution in [3.05, 3.63) is 71.9 Å². The first-order chi connectivity index (χ1) is 13.6. The fourth-order valence-electron chi connectivity index (χ4n) is 3.65. The van der Waals surface area contributed by atoms with Crippen LogP contribution >= 0.6 is 0 Å². The molecule has 0 radical (unpaired) electrons. The quantitative estimate of drug-likeness (QED) is 0.734. The molecule has 2 atom stereocenters. The van der Waals surface area contributed by atoms with Crippen molar-refractivity contribution in [2.75, 3.05) is 13.1 Å². The third kappa shape index (κ3) is 3.85. The third-order valence-corrected chi connectivity index (χ3v) is 5.41. The van der Waals surface area contributed by atoms with Gasteiger partial charge in [-0.1, -0.05) is 55.0 Å². The van der Waals surface area contributed by atoms with E-state index in [2.05, 4.69) is 36.6 Å². The molecule has 2 heterocycles. The molecule has 144 valence electrons. The fourth-order valence-corrected chi connectivity index (χ4v) is 3.65. The fraction of sp³-hybridized carbons (Fsp3) is 0.304. The van der Waals surface area contributed by atoms with Gasteiger partial charge in [-0.3, -0.25) is 4.79 Å². The Bertz CT molecular complexity index is 946. The molecular formula is C23H26N4O. The molecule has 5 nitrogen and oxygen atoms in total. The number of aryl methyl sites for hydroxylation is 1. The van der Waals surface area contributed by atoms with Gasteiger partial charge in [0.05, 0.1) is 11.3 Å². The highest BCUT2D eigenvalue weighted by Crippen LogP contribution is 2.24. The summed E-state index contributed by atoms with van der Waals surface area (Å²) < 4.78 is 1.79. The summed E-state index contributed by atoms with van der Waals surface area (Å²) >= 11 is 0. The lowest BCUT2D eigenvalue weighted by Crippen LogP contribution is -2.48. The Morgan fingerprint density at radius 1 is 1.14 bits per heavy atom. The first-order valence-corrected chi connectivity index (χ1v) is 9.85. The zero-order valence-electron chi connectivity index (χ0n) is 16.4. The van der Waals surface area contributed by atoms with Crippen molar-refractivity contribution < 1.29 is 4.79 Å². The normalized spacial score (nSPS) is 19.4. The van der Waals surface area contributed by atoms with Crippen molar-refractivity contribution >= 4 is 5.91 Å². The van der Waals surface area contributed by atoms with Crippen LogP contribution in [-0.2, 0) is 0 Å². The summed E-state index contributed by atoms with van der Waals surface area (Å²) in [4.78, 5) is 13.2. The Balaban J connectivity index is 1.70. The second-order valence-corrected chi connectivity index (χ2v) is 7.59. The van der Waals surface area contributed by atoms with Crippen LogP contribution in [0.5, 0.6) is 0 Å². The molecule has 2 aromatic carbocycles. The molecule has 0 saturated carbocycles. The van der Waals surface area contributed by atoms with E-state index in [9.17, 15) is 4.79 Å². The van der Waals surface area contributed by atoms with Crippen molar-refractivity contribution in [1.82, 2.24) is 20.4 Å². The van der Waals surface area contributed by atoms with E-state index in [0.717, 1.165) is 30.8 Å². The molecule has 28 heavy (non-hydrogen) atoms. The second kappa shape index (κ2) is 7.98. The first kappa shape index (κ1) is 18.4. The van der Waals surface area contributed by atoms with Gasteiger partial charge in [0.1, 0.15) is 5.69 Å². The van der Waals surface area contributed by atoms with Gasteiger partial charge in [0.15, 0.2) is 0 Å². The van der Waals surface area contributed by atoms with Crippen LogP contribution in [0.15, 0.2) is 60.8 Å². The molecule has 4 rings (SSSR count). The zero-order valence-corrected chi connectivity index (χ0v) is 16.4. The van der Waals surface area contributed by atoms with Crippen LogP contribution in [0.2, 0.25) is 0 Å². The molecule has 1 amide bonds. The SMILES string of the molecule is Cc1ccc(-n2cc(C(=O)NC3CCNCC3C)c(-c3ccccc3)n2)cc1. The van der Waals surface area contributed by atoms with E-state index < -0.39 is 0 Å². The average Bonchev–Trinajstić information content (AvgIpc) is 3.16. The van der Waals surface area contributed by atoms with Crippen LogP contribution in [-0.4, -0.2) is 34.8 Å². The van der Waals surface area contributed by atoms with E-state index >= 15 is 0 Å². The number of carbonyl (C=O) groups excluding carboxylic acids is 1. The summed E-state index contributed by atoms with van der Waals surface area (Å²) in [5, 5.41) is 11.4. The lowest BCUT2D eigenvalue weighted by atomic mass is 9.95.